The normalized spacial score (nSPS) is 15.8. The Kier molecular flexibility index (Phi) is 5.53. The van der Waals surface area contributed by atoms with Gasteiger partial charge in [-0.1, -0.05) is 24.3 Å². The molecule has 0 fully saturated rings. The summed E-state index contributed by atoms with van der Waals surface area (Å²) in [6.07, 6.45) is 2.32. The van der Waals surface area contributed by atoms with Crippen molar-refractivity contribution >= 4 is 23.2 Å². The van der Waals surface area contributed by atoms with Crippen molar-refractivity contribution in [1.82, 2.24) is 9.80 Å². The Balaban J connectivity index is 1.63. The molecule has 0 N–H and O–H groups in total. The zero-order valence-corrected chi connectivity index (χ0v) is 17.4. The summed E-state index contributed by atoms with van der Waals surface area (Å²) in [5.74, 6) is -0.0442. The molecule has 0 saturated heterocycles. The summed E-state index contributed by atoms with van der Waals surface area (Å²) >= 11 is 1.75. The van der Waals surface area contributed by atoms with Gasteiger partial charge in [0.25, 0.3) is 5.91 Å². The van der Waals surface area contributed by atoms with Gasteiger partial charge in [0.15, 0.2) is 5.76 Å². The fourth-order valence-corrected chi connectivity index (χ4v) is 4.86. The predicted octanol–water partition coefficient (Wildman–Crippen LogP) is 4.29. The molecular formula is C23H24N2O3S. The van der Waals surface area contributed by atoms with E-state index in [4.69, 9.17) is 4.42 Å². The second-order valence-electron chi connectivity index (χ2n) is 7.19. The molecule has 0 unspecified atom stereocenters. The number of carbonyl (C=O) groups is 2. The molecule has 1 aliphatic heterocycles. The van der Waals surface area contributed by atoms with Gasteiger partial charge in [0.2, 0.25) is 5.91 Å². The fraction of sp³-hybridized carbons (Fsp3) is 0.304. The Bertz CT molecular complexity index is 1010. The van der Waals surface area contributed by atoms with E-state index >= 15 is 0 Å². The number of hydrogen-bond acceptors (Lipinski definition) is 4. The minimum Gasteiger partial charge on any atom is -0.459 e. The van der Waals surface area contributed by atoms with E-state index in [-0.39, 0.29) is 30.2 Å². The maximum atomic E-state index is 13.4. The van der Waals surface area contributed by atoms with Gasteiger partial charge in [0.05, 0.1) is 12.3 Å². The van der Waals surface area contributed by atoms with Crippen LogP contribution in [-0.2, 0) is 11.2 Å². The van der Waals surface area contributed by atoms with Crippen LogP contribution >= 0.6 is 11.3 Å². The SMILES string of the molecule is CCN(CC(=O)N1CCc2sccc2[C@H]1c1ccccc1C)C(=O)c1ccco1. The number of carbonyl (C=O) groups excluding carboxylic acids is 2. The highest BCUT2D eigenvalue weighted by Crippen LogP contribution is 2.39. The molecule has 3 aromatic rings. The Hall–Kier alpha value is -2.86. The van der Waals surface area contributed by atoms with Crippen LogP contribution in [0.3, 0.4) is 0 Å². The molecule has 4 rings (SSSR count). The molecule has 2 aromatic heterocycles. The number of benzene rings is 1. The molecule has 3 heterocycles. The third-order valence-electron chi connectivity index (χ3n) is 5.50. The summed E-state index contributed by atoms with van der Waals surface area (Å²) in [7, 11) is 0. The molecule has 29 heavy (non-hydrogen) atoms. The smallest absolute Gasteiger partial charge is 0.290 e. The molecule has 0 radical (unpaired) electrons. The van der Waals surface area contributed by atoms with Gasteiger partial charge in [-0.15, -0.1) is 11.3 Å². The molecule has 1 aromatic carbocycles. The van der Waals surface area contributed by atoms with E-state index in [9.17, 15) is 9.59 Å². The molecule has 2 amide bonds. The van der Waals surface area contributed by atoms with Crippen molar-refractivity contribution in [1.29, 1.82) is 0 Å². The van der Waals surface area contributed by atoms with Crippen LogP contribution in [0, 0.1) is 6.92 Å². The van der Waals surface area contributed by atoms with Gasteiger partial charge in [0, 0.05) is 18.0 Å². The molecule has 0 saturated carbocycles. The van der Waals surface area contributed by atoms with E-state index in [1.165, 1.54) is 16.7 Å². The fourth-order valence-electron chi connectivity index (χ4n) is 3.95. The summed E-state index contributed by atoms with van der Waals surface area (Å²) in [5.41, 5.74) is 3.50. The molecule has 6 heteroatoms. The molecular weight excluding hydrogens is 384 g/mol. The number of rotatable bonds is 5. The van der Waals surface area contributed by atoms with Crippen molar-refractivity contribution in [2.75, 3.05) is 19.6 Å². The van der Waals surface area contributed by atoms with Crippen LogP contribution in [0.1, 0.15) is 45.1 Å². The van der Waals surface area contributed by atoms with Crippen LogP contribution in [-0.4, -0.2) is 41.2 Å². The first-order valence-electron chi connectivity index (χ1n) is 9.84. The highest BCUT2D eigenvalue weighted by Gasteiger charge is 2.34. The number of hydrogen-bond donors (Lipinski definition) is 0. The van der Waals surface area contributed by atoms with Crippen LogP contribution in [0.4, 0.5) is 0 Å². The summed E-state index contributed by atoms with van der Waals surface area (Å²) in [4.78, 5) is 30.9. The minimum atomic E-state index is -0.258. The number of thiophene rings is 1. The van der Waals surface area contributed by atoms with E-state index in [2.05, 4.69) is 30.5 Å². The van der Waals surface area contributed by atoms with Crippen LogP contribution in [0.5, 0.6) is 0 Å². The van der Waals surface area contributed by atoms with E-state index in [1.54, 1.807) is 28.4 Å². The first kappa shape index (κ1) is 19.5. The van der Waals surface area contributed by atoms with E-state index in [0.717, 1.165) is 17.5 Å². The standard InChI is InChI=1S/C23H24N2O3S/c1-3-24(23(27)19-9-6-13-28-19)15-21(26)25-12-10-20-18(11-14-29-20)22(25)17-8-5-4-7-16(17)2/h4-9,11,13-14,22H,3,10,12,15H2,1-2H3/t22-/m1/s1. The number of fused-ring (bicyclic) bond motifs is 1. The lowest BCUT2D eigenvalue weighted by Gasteiger charge is -2.38. The number of amides is 2. The maximum Gasteiger partial charge on any atom is 0.290 e. The van der Waals surface area contributed by atoms with Gasteiger partial charge in [-0.25, -0.2) is 0 Å². The monoisotopic (exact) mass is 408 g/mol. The Morgan fingerprint density at radius 2 is 2.00 bits per heavy atom. The largest absolute Gasteiger partial charge is 0.459 e. The summed E-state index contributed by atoms with van der Waals surface area (Å²) < 4.78 is 5.23. The summed E-state index contributed by atoms with van der Waals surface area (Å²) in [6, 6.07) is 13.5. The Morgan fingerprint density at radius 3 is 2.72 bits per heavy atom. The van der Waals surface area contributed by atoms with Gasteiger partial charge in [-0.05, 0) is 60.5 Å². The first-order chi connectivity index (χ1) is 14.1. The van der Waals surface area contributed by atoms with Gasteiger partial charge >= 0.3 is 0 Å². The molecule has 5 nitrogen and oxygen atoms in total. The van der Waals surface area contributed by atoms with Crippen molar-refractivity contribution in [3.8, 4) is 0 Å². The Morgan fingerprint density at radius 1 is 1.17 bits per heavy atom. The van der Waals surface area contributed by atoms with Gasteiger partial charge in [-0.2, -0.15) is 0 Å². The number of likely N-dealkylation sites (N-methyl/N-ethyl adjacent to an activating group) is 1. The first-order valence-corrected chi connectivity index (χ1v) is 10.7. The number of nitrogens with zero attached hydrogens (tertiary/aromatic N) is 2. The third kappa shape index (κ3) is 3.72. The third-order valence-corrected chi connectivity index (χ3v) is 6.49. The molecule has 150 valence electrons. The highest BCUT2D eigenvalue weighted by atomic mass is 32.1. The Labute approximate surface area is 174 Å². The summed E-state index contributed by atoms with van der Waals surface area (Å²) in [5, 5.41) is 2.10. The lowest BCUT2D eigenvalue weighted by molar-refractivity contribution is -0.134. The van der Waals surface area contributed by atoms with Gasteiger partial charge in [0.1, 0.15) is 6.54 Å². The summed E-state index contributed by atoms with van der Waals surface area (Å²) in [6.45, 7) is 5.09. The highest BCUT2D eigenvalue weighted by molar-refractivity contribution is 7.10. The van der Waals surface area contributed by atoms with Gasteiger partial charge in [-0.3, -0.25) is 9.59 Å². The molecule has 0 spiro atoms. The van der Waals surface area contributed by atoms with Gasteiger partial charge < -0.3 is 14.2 Å². The lowest BCUT2D eigenvalue weighted by Crippen LogP contribution is -2.46. The van der Waals surface area contributed by atoms with Crippen LogP contribution in [0.2, 0.25) is 0 Å². The molecule has 1 atom stereocenters. The average Bonchev–Trinajstić information content (AvgIpc) is 3.43. The maximum absolute atomic E-state index is 13.4. The topological polar surface area (TPSA) is 53.8 Å². The number of furan rings is 1. The lowest BCUT2D eigenvalue weighted by atomic mass is 9.90. The molecule has 0 bridgehead atoms. The minimum absolute atomic E-state index is 0.0396. The van der Waals surface area contributed by atoms with E-state index in [0.29, 0.717) is 13.1 Å². The van der Waals surface area contributed by atoms with Crippen LogP contribution in [0.15, 0.2) is 58.5 Å². The average molecular weight is 409 g/mol. The van der Waals surface area contributed by atoms with Crippen molar-refractivity contribution in [3.63, 3.8) is 0 Å². The van der Waals surface area contributed by atoms with Crippen LogP contribution < -0.4 is 0 Å². The van der Waals surface area contributed by atoms with Crippen molar-refractivity contribution < 1.29 is 14.0 Å². The molecule has 0 aliphatic carbocycles. The molecule has 1 aliphatic rings. The van der Waals surface area contributed by atoms with Crippen LogP contribution in [0.25, 0.3) is 0 Å². The zero-order valence-electron chi connectivity index (χ0n) is 16.6. The zero-order chi connectivity index (χ0) is 20.4. The number of aryl methyl sites for hydroxylation is 1. The second kappa shape index (κ2) is 8.25. The quantitative estimate of drug-likeness (QED) is 0.633. The predicted molar refractivity (Wildman–Crippen MR) is 113 cm³/mol. The second-order valence-corrected chi connectivity index (χ2v) is 8.19. The van der Waals surface area contributed by atoms with Crippen molar-refractivity contribution in [2.24, 2.45) is 0 Å². The van der Waals surface area contributed by atoms with E-state index < -0.39 is 0 Å². The van der Waals surface area contributed by atoms with Crippen molar-refractivity contribution in [3.05, 3.63) is 81.4 Å². The van der Waals surface area contributed by atoms with E-state index in [1.807, 2.05) is 24.0 Å². The van der Waals surface area contributed by atoms with Crippen molar-refractivity contribution in [2.45, 2.75) is 26.3 Å².